The molecule has 2 unspecified atom stereocenters. The summed E-state index contributed by atoms with van der Waals surface area (Å²) in [5, 5.41) is 9.20. The average Bonchev–Trinajstić information content (AvgIpc) is 2.76. The van der Waals surface area contributed by atoms with Gasteiger partial charge in [-0.15, -0.1) is 11.8 Å². The summed E-state index contributed by atoms with van der Waals surface area (Å²) in [6.07, 6.45) is 4.12. The van der Waals surface area contributed by atoms with E-state index in [9.17, 15) is 5.26 Å². The standard InChI is InChI=1S/C16H22N2S/c1-12-5-6-15(10-13(12)2)19-9-7-14-4-3-8-16(14,18)11-17/h5-6,10,14H,3-4,7-9,18H2,1-2H3. The van der Waals surface area contributed by atoms with Gasteiger partial charge in [-0.3, -0.25) is 0 Å². The Hall–Kier alpha value is -0.980. The summed E-state index contributed by atoms with van der Waals surface area (Å²) in [6.45, 7) is 4.29. The average molecular weight is 274 g/mol. The van der Waals surface area contributed by atoms with Crippen LogP contribution >= 0.6 is 11.8 Å². The lowest BCUT2D eigenvalue weighted by atomic mass is 9.88. The van der Waals surface area contributed by atoms with Crippen molar-refractivity contribution in [2.75, 3.05) is 5.75 Å². The van der Waals surface area contributed by atoms with Crippen molar-refractivity contribution >= 4 is 11.8 Å². The molecule has 102 valence electrons. The van der Waals surface area contributed by atoms with E-state index in [0.29, 0.717) is 5.92 Å². The highest BCUT2D eigenvalue weighted by atomic mass is 32.2. The Labute approximate surface area is 120 Å². The zero-order valence-corrected chi connectivity index (χ0v) is 12.6. The molecular formula is C16H22N2S. The Morgan fingerprint density at radius 2 is 2.21 bits per heavy atom. The van der Waals surface area contributed by atoms with Crippen LogP contribution in [0.3, 0.4) is 0 Å². The minimum atomic E-state index is -0.566. The Morgan fingerprint density at radius 1 is 1.42 bits per heavy atom. The lowest BCUT2D eigenvalue weighted by Gasteiger charge is -2.23. The summed E-state index contributed by atoms with van der Waals surface area (Å²) in [5.74, 6) is 1.42. The van der Waals surface area contributed by atoms with Gasteiger partial charge in [0.25, 0.3) is 0 Å². The number of thioether (sulfide) groups is 1. The molecule has 2 rings (SSSR count). The van der Waals surface area contributed by atoms with Gasteiger partial charge in [0.1, 0.15) is 5.54 Å². The molecule has 2 nitrogen and oxygen atoms in total. The molecule has 2 atom stereocenters. The second-order valence-electron chi connectivity index (χ2n) is 5.62. The van der Waals surface area contributed by atoms with Gasteiger partial charge in [0.15, 0.2) is 0 Å². The highest BCUT2D eigenvalue weighted by Gasteiger charge is 2.39. The fourth-order valence-electron chi connectivity index (χ4n) is 2.77. The van der Waals surface area contributed by atoms with Gasteiger partial charge in [0.2, 0.25) is 0 Å². The monoisotopic (exact) mass is 274 g/mol. The number of nitriles is 1. The molecule has 1 aromatic rings. The van der Waals surface area contributed by atoms with Crippen LogP contribution in [0.5, 0.6) is 0 Å². The molecule has 1 saturated carbocycles. The lowest BCUT2D eigenvalue weighted by molar-refractivity contribution is 0.389. The minimum Gasteiger partial charge on any atom is -0.313 e. The SMILES string of the molecule is Cc1ccc(SCCC2CCCC2(N)C#N)cc1C. The van der Waals surface area contributed by atoms with E-state index in [1.54, 1.807) is 0 Å². The van der Waals surface area contributed by atoms with Gasteiger partial charge < -0.3 is 5.73 Å². The molecule has 0 bridgehead atoms. The summed E-state index contributed by atoms with van der Waals surface area (Å²) in [4.78, 5) is 1.32. The number of nitrogens with zero attached hydrogens (tertiary/aromatic N) is 1. The maximum absolute atomic E-state index is 9.20. The molecule has 3 heteroatoms. The largest absolute Gasteiger partial charge is 0.313 e. The Morgan fingerprint density at radius 3 is 2.89 bits per heavy atom. The van der Waals surface area contributed by atoms with Crippen LogP contribution in [0.25, 0.3) is 0 Å². The number of hydrogen-bond donors (Lipinski definition) is 1. The first kappa shape index (κ1) is 14.4. The van der Waals surface area contributed by atoms with Gasteiger partial charge >= 0.3 is 0 Å². The van der Waals surface area contributed by atoms with E-state index in [0.717, 1.165) is 31.4 Å². The highest BCUT2D eigenvalue weighted by molar-refractivity contribution is 7.99. The van der Waals surface area contributed by atoms with E-state index in [2.05, 4.69) is 38.1 Å². The van der Waals surface area contributed by atoms with Crippen LogP contribution in [0.15, 0.2) is 23.1 Å². The van der Waals surface area contributed by atoms with E-state index >= 15 is 0 Å². The normalized spacial score (nSPS) is 26.3. The Kier molecular flexibility index (Phi) is 4.54. The fourth-order valence-corrected chi connectivity index (χ4v) is 3.84. The van der Waals surface area contributed by atoms with Gasteiger partial charge in [0.05, 0.1) is 6.07 Å². The smallest absolute Gasteiger partial charge is 0.107 e. The molecule has 0 aromatic heterocycles. The molecule has 0 amide bonds. The topological polar surface area (TPSA) is 49.8 Å². The van der Waals surface area contributed by atoms with E-state index in [1.807, 2.05) is 11.8 Å². The highest BCUT2D eigenvalue weighted by Crippen LogP contribution is 2.37. The van der Waals surface area contributed by atoms with Crippen LogP contribution in [0.1, 0.15) is 36.8 Å². The number of rotatable bonds is 4. The number of hydrogen-bond acceptors (Lipinski definition) is 3. The van der Waals surface area contributed by atoms with E-state index in [-0.39, 0.29) is 0 Å². The predicted octanol–water partition coefficient (Wildman–Crippen LogP) is 3.81. The third-order valence-electron chi connectivity index (χ3n) is 4.29. The Balaban J connectivity index is 1.87. The number of nitrogens with two attached hydrogens (primary N) is 1. The molecule has 2 N–H and O–H groups in total. The first-order valence-corrected chi connectivity index (χ1v) is 7.94. The van der Waals surface area contributed by atoms with Crippen LogP contribution in [-0.2, 0) is 0 Å². The maximum atomic E-state index is 9.20. The molecular weight excluding hydrogens is 252 g/mol. The summed E-state index contributed by atoms with van der Waals surface area (Å²) >= 11 is 1.88. The van der Waals surface area contributed by atoms with E-state index < -0.39 is 5.54 Å². The molecule has 1 aliphatic rings. The van der Waals surface area contributed by atoms with Crippen molar-refractivity contribution in [1.29, 1.82) is 5.26 Å². The predicted molar refractivity (Wildman–Crippen MR) is 81.1 cm³/mol. The molecule has 0 spiro atoms. The lowest BCUT2D eigenvalue weighted by Crippen LogP contribution is -2.41. The van der Waals surface area contributed by atoms with Crippen molar-refractivity contribution in [2.45, 2.75) is 50.0 Å². The summed E-state index contributed by atoms with van der Waals surface area (Å²) in [7, 11) is 0. The zero-order chi connectivity index (χ0) is 13.9. The zero-order valence-electron chi connectivity index (χ0n) is 11.8. The second kappa shape index (κ2) is 5.98. The van der Waals surface area contributed by atoms with Gasteiger partial charge in [-0.1, -0.05) is 12.5 Å². The molecule has 1 aliphatic carbocycles. The summed E-state index contributed by atoms with van der Waals surface area (Å²) < 4.78 is 0. The van der Waals surface area contributed by atoms with E-state index in [1.165, 1.54) is 16.0 Å². The van der Waals surface area contributed by atoms with Crippen LogP contribution < -0.4 is 5.73 Å². The molecule has 0 radical (unpaired) electrons. The molecule has 19 heavy (non-hydrogen) atoms. The van der Waals surface area contributed by atoms with Crippen molar-refractivity contribution in [3.05, 3.63) is 29.3 Å². The fraction of sp³-hybridized carbons (Fsp3) is 0.562. The van der Waals surface area contributed by atoms with Crippen LogP contribution in [0, 0.1) is 31.1 Å². The summed E-state index contributed by atoms with van der Waals surface area (Å²) in [6, 6.07) is 8.93. The molecule has 0 saturated heterocycles. The molecule has 1 aromatic carbocycles. The van der Waals surface area contributed by atoms with Gasteiger partial charge in [0, 0.05) is 4.90 Å². The van der Waals surface area contributed by atoms with Crippen molar-refractivity contribution in [1.82, 2.24) is 0 Å². The Bertz CT molecular complexity index is 492. The first-order chi connectivity index (χ1) is 9.05. The van der Waals surface area contributed by atoms with Gasteiger partial charge in [-0.25, -0.2) is 0 Å². The summed E-state index contributed by atoms with van der Waals surface area (Å²) in [5.41, 5.74) is 8.27. The number of benzene rings is 1. The first-order valence-electron chi connectivity index (χ1n) is 6.95. The van der Waals surface area contributed by atoms with Gasteiger partial charge in [-0.05, 0) is 68.0 Å². The number of aryl methyl sites for hydroxylation is 2. The van der Waals surface area contributed by atoms with Gasteiger partial charge in [-0.2, -0.15) is 5.26 Å². The van der Waals surface area contributed by atoms with E-state index in [4.69, 9.17) is 5.73 Å². The van der Waals surface area contributed by atoms with Crippen molar-refractivity contribution in [3.8, 4) is 6.07 Å². The van der Waals surface area contributed by atoms with Crippen LogP contribution in [0.4, 0.5) is 0 Å². The second-order valence-corrected chi connectivity index (χ2v) is 6.79. The molecule has 0 aliphatic heterocycles. The van der Waals surface area contributed by atoms with Crippen LogP contribution in [0.2, 0.25) is 0 Å². The van der Waals surface area contributed by atoms with Crippen molar-refractivity contribution in [3.63, 3.8) is 0 Å². The van der Waals surface area contributed by atoms with Crippen molar-refractivity contribution < 1.29 is 0 Å². The third-order valence-corrected chi connectivity index (χ3v) is 5.32. The molecule has 0 heterocycles. The quantitative estimate of drug-likeness (QED) is 0.849. The minimum absolute atomic E-state index is 0.372. The third kappa shape index (κ3) is 3.32. The van der Waals surface area contributed by atoms with Crippen LogP contribution in [-0.4, -0.2) is 11.3 Å². The maximum Gasteiger partial charge on any atom is 0.107 e. The molecule has 1 fully saturated rings. The van der Waals surface area contributed by atoms with Crippen molar-refractivity contribution in [2.24, 2.45) is 11.7 Å².